The number of thioether (sulfide) groups is 1. The molecule has 0 aliphatic carbocycles. The lowest BCUT2D eigenvalue weighted by molar-refractivity contribution is -0.132. The molecule has 1 N–H and O–H groups in total. The average Bonchev–Trinajstić information content (AvgIpc) is 2.31. The molecule has 0 aromatic rings. The Morgan fingerprint density at radius 3 is 2.73 bits per heavy atom. The number of hydrogen-bond acceptors (Lipinski definition) is 4. The first-order valence-electron chi connectivity index (χ1n) is 4.40. The maximum Gasteiger partial charge on any atom is 0.329 e. The largest absolute Gasteiger partial charge is 0.478 e. The van der Waals surface area contributed by atoms with E-state index < -0.39 is 5.97 Å². The van der Waals surface area contributed by atoms with Crippen LogP contribution < -0.4 is 0 Å². The van der Waals surface area contributed by atoms with Gasteiger partial charge < -0.3 is 5.11 Å². The second kappa shape index (κ2) is 4.76. The van der Waals surface area contributed by atoms with E-state index in [-0.39, 0.29) is 10.8 Å². The van der Waals surface area contributed by atoms with E-state index in [4.69, 9.17) is 17.3 Å². The average molecular weight is 245 g/mol. The fourth-order valence-electron chi connectivity index (χ4n) is 1.13. The molecule has 0 radical (unpaired) electrons. The molecule has 1 heterocycles. The standard InChI is InChI=1S/C9H11NO3S2/c1-5(2)4-10-8(13)6(3-7(11)12)15-9(10)14/h3,5H,4H2,1-2H3,(H,11,12)/b6-3-. The van der Waals surface area contributed by atoms with Gasteiger partial charge in [-0.2, -0.15) is 0 Å². The molecule has 0 aromatic heterocycles. The lowest BCUT2D eigenvalue weighted by Crippen LogP contribution is -2.31. The second-order valence-corrected chi connectivity index (χ2v) is 5.20. The Bertz CT molecular complexity index is 349. The number of rotatable bonds is 3. The number of thiocarbonyl (C=S) groups is 1. The van der Waals surface area contributed by atoms with E-state index in [1.807, 2.05) is 13.8 Å². The summed E-state index contributed by atoms with van der Waals surface area (Å²) >= 11 is 6.04. The molecule has 0 bridgehead atoms. The molecule has 0 saturated carbocycles. The monoisotopic (exact) mass is 245 g/mol. The zero-order chi connectivity index (χ0) is 11.6. The van der Waals surface area contributed by atoms with Crippen LogP contribution in [-0.2, 0) is 9.59 Å². The smallest absolute Gasteiger partial charge is 0.329 e. The molecule has 1 aliphatic rings. The van der Waals surface area contributed by atoms with Crippen molar-refractivity contribution < 1.29 is 14.7 Å². The van der Waals surface area contributed by atoms with Crippen LogP contribution in [0.3, 0.4) is 0 Å². The molecule has 82 valence electrons. The fraction of sp³-hybridized carbons (Fsp3) is 0.444. The summed E-state index contributed by atoms with van der Waals surface area (Å²) in [5.41, 5.74) is 0. The highest BCUT2D eigenvalue weighted by Gasteiger charge is 2.32. The number of carboxylic acids is 1. The molecule has 1 aliphatic heterocycles. The van der Waals surface area contributed by atoms with Crippen molar-refractivity contribution in [2.45, 2.75) is 13.8 Å². The molecule has 1 saturated heterocycles. The third kappa shape index (κ3) is 3.04. The topological polar surface area (TPSA) is 57.6 Å². The van der Waals surface area contributed by atoms with E-state index in [2.05, 4.69) is 0 Å². The number of carboxylic acid groups (broad SMARTS) is 1. The molecule has 1 amide bonds. The van der Waals surface area contributed by atoms with Gasteiger partial charge in [-0.15, -0.1) is 0 Å². The van der Waals surface area contributed by atoms with Crippen molar-refractivity contribution in [3.63, 3.8) is 0 Å². The van der Waals surface area contributed by atoms with Gasteiger partial charge in [0.15, 0.2) is 0 Å². The number of aliphatic carboxylic acids is 1. The van der Waals surface area contributed by atoms with Crippen LogP contribution >= 0.6 is 24.0 Å². The van der Waals surface area contributed by atoms with Gasteiger partial charge in [0.2, 0.25) is 0 Å². The number of carbonyl (C=O) groups excluding carboxylic acids is 1. The van der Waals surface area contributed by atoms with E-state index in [1.165, 1.54) is 4.90 Å². The van der Waals surface area contributed by atoms with Crippen LogP contribution in [0.15, 0.2) is 11.0 Å². The Kier molecular flexibility index (Phi) is 3.87. The minimum absolute atomic E-state index is 0.188. The summed E-state index contributed by atoms with van der Waals surface area (Å²) in [6, 6.07) is 0. The first-order valence-corrected chi connectivity index (χ1v) is 5.62. The molecular weight excluding hydrogens is 234 g/mol. The Hall–Kier alpha value is -0.880. The fourth-order valence-corrected chi connectivity index (χ4v) is 2.37. The van der Waals surface area contributed by atoms with Gasteiger partial charge in [0, 0.05) is 12.6 Å². The van der Waals surface area contributed by atoms with Crippen LogP contribution in [0.1, 0.15) is 13.8 Å². The summed E-state index contributed by atoms with van der Waals surface area (Å²) in [6.07, 6.45) is 0.902. The minimum atomic E-state index is -1.12. The van der Waals surface area contributed by atoms with E-state index in [0.717, 1.165) is 17.8 Å². The third-order valence-electron chi connectivity index (χ3n) is 1.68. The minimum Gasteiger partial charge on any atom is -0.478 e. The SMILES string of the molecule is CC(C)CN1C(=O)/C(=C/C(=O)O)SC1=S. The highest BCUT2D eigenvalue weighted by Crippen LogP contribution is 2.31. The van der Waals surface area contributed by atoms with Gasteiger partial charge in [-0.25, -0.2) is 4.79 Å². The first-order chi connectivity index (χ1) is 6.91. The zero-order valence-corrected chi connectivity index (χ0v) is 10.0. The number of amides is 1. The lowest BCUT2D eigenvalue weighted by Gasteiger charge is -2.16. The summed E-state index contributed by atoms with van der Waals surface area (Å²) in [5, 5.41) is 8.54. The van der Waals surface area contributed by atoms with Gasteiger partial charge in [-0.3, -0.25) is 9.69 Å². The van der Waals surface area contributed by atoms with E-state index in [0.29, 0.717) is 16.8 Å². The predicted octanol–water partition coefficient (Wildman–Crippen LogP) is 1.47. The molecule has 1 fully saturated rings. The summed E-state index contributed by atoms with van der Waals surface area (Å²) in [5.74, 6) is -1.13. The number of carbonyl (C=O) groups is 2. The molecule has 6 heteroatoms. The van der Waals surface area contributed by atoms with Crippen LogP contribution in [0, 0.1) is 5.92 Å². The number of hydrogen-bond donors (Lipinski definition) is 1. The van der Waals surface area contributed by atoms with Gasteiger partial charge in [0.05, 0.1) is 4.91 Å². The third-order valence-corrected chi connectivity index (χ3v) is 3.05. The van der Waals surface area contributed by atoms with Crippen LogP contribution in [0.4, 0.5) is 0 Å². The van der Waals surface area contributed by atoms with Crippen molar-refractivity contribution in [3.05, 3.63) is 11.0 Å². The van der Waals surface area contributed by atoms with Crippen molar-refractivity contribution in [1.82, 2.24) is 4.90 Å². The number of nitrogens with zero attached hydrogens (tertiary/aromatic N) is 1. The van der Waals surface area contributed by atoms with E-state index >= 15 is 0 Å². The van der Waals surface area contributed by atoms with E-state index in [1.54, 1.807) is 0 Å². The van der Waals surface area contributed by atoms with Gasteiger partial charge in [0.25, 0.3) is 5.91 Å². The molecular formula is C9H11NO3S2. The quantitative estimate of drug-likeness (QED) is 0.603. The van der Waals surface area contributed by atoms with Crippen LogP contribution in [0.2, 0.25) is 0 Å². The predicted molar refractivity (Wildman–Crippen MR) is 62.5 cm³/mol. The van der Waals surface area contributed by atoms with Crippen LogP contribution in [0.25, 0.3) is 0 Å². The van der Waals surface area contributed by atoms with Crippen LogP contribution in [0.5, 0.6) is 0 Å². The summed E-state index contributed by atoms with van der Waals surface area (Å²) in [7, 11) is 0. The normalized spacial score (nSPS) is 19.4. The maximum atomic E-state index is 11.7. The molecule has 15 heavy (non-hydrogen) atoms. The Labute approximate surface area is 97.3 Å². The van der Waals surface area contributed by atoms with E-state index in [9.17, 15) is 9.59 Å². The molecule has 1 rings (SSSR count). The zero-order valence-electron chi connectivity index (χ0n) is 8.39. The highest BCUT2D eigenvalue weighted by molar-refractivity contribution is 8.26. The van der Waals surface area contributed by atoms with Gasteiger partial charge >= 0.3 is 5.97 Å². The van der Waals surface area contributed by atoms with Gasteiger partial charge in [-0.1, -0.05) is 37.8 Å². The second-order valence-electron chi connectivity index (χ2n) is 3.52. The van der Waals surface area contributed by atoms with Crippen LogP contribution in [-0.4, -0.2) is 32.7 Å². The van der Waals surface area contributed by atoms with Crippen molar-refractivity contribution in [3.8, 4) is 0 Å². The summed E-state index contributed by atoms with van der Waals surface area (Å²) in [4.78, 5) is 23.7. The summed E-state index contributed by atoms with van der Waals surface area (Å²) in [6.45, 7) is 4.47. The van der Waals surface area contributed by atoms with Crippen molar-refractivity contribution >= 4 is 40.2 Å². The Morgan fingerprint density at radius 2 is 2.27 bits per heavy atom. The van der Waals surface area contributed by atoms with Crippen molar-refractivity contribution in [2.75, 3.05) is 6.54 Å². The lowest BCUT2D eigenvalue weighted by atomic mass is 10.2. The maximum absolute atomic E-state index is 11.7. The molecule has 4 nitrogen and oxygen atoms in total. The summed E-state index contributed by atoms with van der Waals surface area (Å²) < 4.78 is 0.432. The van der Waals surface area contributed by atoms with Crippen molar-refractivity contribution in [1.29, 1.82) is 0 Å². The Balaban J connectivity index is 2.84. The molecule has 0 unspecified atom stereocenters. The molecule has 0 spiro atoms. The molecule has 0 atom stereocenters. The highest BCUT2D eigenvalue weighted by atomic mass is 32.2. The van der Waals surface area contributed by atoms with Gasteiger partial charge in [0.1, 0.15) is 4.32 Å². The van der Waals surface area contributed by atoms with Gasteiger partial charge in [-0.05, 0) is 5.92 Å². The Morgan fingerprint density at radius 1 is 1.67 bits per heavy atom. The van der Waals surface area contributed by atoms with Crippen molar-refractivity contribution in [2.24, 2.45) is 5.92 Å². The first kappa shape index (κ1) is 12.2. The molecule has 0 aromatic carbocycles.